The molecule has 180 valence electrons. The van der Waals surface area contributed by atoms with Gasteiger partial charge in [-0.2, -0.15) is 0 Å². The van der Waals surface area contributed by atoms with Crippen LogP contribution in [0.15, 0.2) is 65.6 Å². The molecule has 0 aliphatic carbocycles. The first kappa shape index (κ1) is 25.0. The molecule has 0 fully saturated rings. The van der Waals surface area contributed by atoms with Crippen LogP contribution in [-0.2, 0) is 24.3 Å². The lowest BCUT2D eigenvalue weighted by molar-refractivity contribution is -0.146. The summed E-state index contributed by atoms with van der Waals surface area (Å²) in [4.78, 5) is 25.7. The van der Waals surface area contributed by atoms with Gasteiger partial charge in [-0.25, -0.2) is 8.42 Å². The third-order valence-corrected chi connectivity index (χ3v) is 6.72. The normalized spacial score (nSPS) is 11.7. The van der Waals surface area contributed by atoms with Crippen molar-refractivity contribution in [1.29, 1.82) is 0 Å². The van der Waals surface area contributed by atoms with Crippen LogP contribution in [0.5, 0.6) is 0 Å². The second kappa shape index (κ2) is 9.72. The van der Waals surface area contributed by atoms with Crippen LogP contribution in [0.25, 0.3) is 10.8 Å². The third kappa shape index (κ3) is 5.66. The summed E-state index contributed by atoms with van der Waals surface area (Å²) in [5, 5.41) is 4.22. The molecule has 3 rings (SSSR count). The molecule has 2 N–H and O–H groups in total. The van der Waals surface area contributed by atoms with Crippen LogP contribution in [0.3, 0.4) is 0 Å². The number of anilines is 3. The van der Waals surface area contributed by atoms with Gasteiger partial charge < -0.3 is 15.0 Å². The SMILES string of the molecule is CC(=O)OCC(C)(C)C(=O)Nc1ccc(NS(=O)(=O)c2cccc3c(N(C)C)cccc23)cc1. The Morgan fingerprint density at radius 3 is 2.12 bits per heavy atom. The number of nitrogens with zero attached hydrogens (tertiary/aromatic N) is 1. The first-order chi connectivity index (χ1) is 15.9. The maximum Gasteiger partial charge on any atom is 0.302 e. The molecule has 34 heavy (non-hydrogen) atoms. The summed E-state index contributed by atoms with van der Waals surface area (Å²) in [5.41, 5.74) is 0.847. The first-order valence-corrected chi connectivity index (χ1v) is 12.2. The summed E-state index contributed by atoms with van der Waals surface area (Å²) in [5.74, 6) is -0.781. The van der Waals surface area contributed by atoms with Crippen LogP contribution in [0.2, 0.25) is 0 Å². The predicted molar refractivity (Wildman–Crippen MR) is 135 cm³/mol. The van der Waals surface area contributed by atoms with Gasteiger partial charge in [-0.3, -0.25) is 14.3 Å². The van der Waals surface area contributed by atoms with Crippen molar-refractivity contribution in [2.45, 2.75) is 25.7 Å². The Morgan fingerprint density at radius 1 is 0.912 bits per heavy atom. The number of amides is 1. The predicted octanol–water partition coefficient (Wildman–Crippen LogP) is 4.23. The van der Waals surface area contributed by atoms with Gasteiger partial charge in [-0.15, -0.1) is 0 Å². The van der Waals surface area contributed by atoms with E-state index in [1.54, 1.807) is 56.3 Å². The molecule has 0 aliphatic rings. The monoisotopic (exact) mass is 483 g/mol. The molecule has 0 saturated carbocycles. The maximum atomic E-state index is 13.2. The molecule has 3 aromatic carbocycles. The van der Waals surface area contributed by atoms with E-state index in [-0.39, 0.29) is 17.4 Å². The van der Waals surface area contributed by atoms with Gasteiger partial charge in [-0.05, 0) is 50.2 Å². The van der Waals surface area contributed by atoms with Crippen LogP contribution >= 0.6 is 0 Å². The Morgan fingerprint density at radius 2 is 1.50 bits per heavy atom. The van der Waals surface area contributed by atoms with Crippen molar-refractivity contribution in [1.82, 2.24) is 0 Å². The molecule has 8 nitrogen and oxygen atoms in total. The molecule has 0 unspecified atom stereocenters. The summed E-state index contributed by atoms with van der Waals surface area (Å²) < 4.78 is 33.9. The lowest BCUT2D eigenvalue weighted by Gasteiger charge is -2.23. The van der Waals surface area contributed by atoms with Gasteiger partial charge in [0.1, 0.15) is 6.61 Å². The lowest BCUT2D eigenvalue weighted by Crippen LogP contribution is -2.35. The van der Waals surface area contributed by atoms with Crippen molar-refractivity contribution < 1.29 is 22.7 Å². The highest BCUT2D eigenvalue weighted by Crippen LogP contribution is 2.31. The van der Waals surface area contributed by atoms with Crippen molar-refractivity contribution in [3.63, 3.8) is 0 Å². The van der Waals surface area contributed by atoms with E-state index in [9.17, 15) is 18.0 Å². The zero-order valence-electron chi connectivity index (χ0n) is 19.9. The van der Waals surface area contributed by atoms with Crippen molar-refractivity contribution in [2.75, 3.05) is 35.6 Å². The maximum absolute atomic E-state index is 13.2. The average Bonchev–Trinajstić information content (AvgIpc) is 2.78. The van der Waals surface area contributed by atoms with E-state index in [2.05, 4.69) is 10.0 Å². The van der Waals surface area contributed by atoms with Gasteiger partial charge in [-0.1, -0.05) is 24.3 Å². The van der Waals surface area contributed by atoms with Crippen molar-refractivity contribution in [2.24, 2.45) is 5.41 Å². The van der Waals surface area contributed by atoms with Crippen LogP contribution in [0, 0.1) is 5.41 Å². The minimum absolute atomic E-state index is 0.0490. The van der Waals surface area contributed by atoms with E-state index in [0.717, 1.165) is 11.1 Å². The average molecular weight is 484 g/mol. The highest BCUT2D eigenvalue weighted by atomic mass is 32.2. The molecule has 0 aromatic heterocycles. The molecular formula is C25H29N3O5S. The topological polar surface area (TPSA) is 105 Å². The van der Waals surface area contributed by atoms with Crippen molar-refractivity contribution in [3.05, 3.63) is 60.7 Å². The fourth-order valence-electron chi connectivity index (χ4n) is 3.37. The summed E-state index contributed by atoms with van der Waals surface area (Å²) in [6, 6.07) is 17.1. The third-order valence-electron chi connectivity index (χ3n) is 5.28. The van der Waals surface area contributed by atoms with E-state index in [1.165, 1.54) is 6.92 Å². The number of ether oxygens (including phenoxy) is 1. The Balaban J connectivity index is 1.79. The number of nitrogens with one attached hydrogen (secondary N) is 2. The smallest absolute Gasteiger partial charge is 0.302 e. The summed E-state index contributed by atoms with van der Waals surface area (Å²) in [7, 11) is -0.0439. The molecular weight excluding hydrogens is 454 g/mol. The number of sulfonamides is 1. The molecule has 0 saturated heterocycles. The Hall–Kier alpha value is -3.59. The van der Waals surface area contributed by atoms with E-state index < -0.39 is 21.4 Å². The van der Waals surface area contributed by atoms with Gasteiger partial charge >= 0.3 is 5.97 Å². The van der Waals surface area contributed by atoms with E-state index in [0.29, 0.717) is 16.8 Å². The highest BCUT2D eigenvalue weighted by molar-refractivity contribution is 7.93. The lowest BCUT2D eigenvalue weighted by atomic mass is 9.93. The van der Waals surface area contributed by atoms with Crippen LogP contribution in [0.1, 0.15) is 20.8 Å². The van der Waals surface area contributed by atoms with Gasteiger partial charge in [0.15, 0.2) is 0 Å². The van der Waals surface area contributed by atoms with Crippen LogP contribution < -0.4 is 14.9 Å². The van der Waals surface area contributed by atoms with Crippen LogP contribution in [0.4, 0.5) is 17.1 Å². The number of esters is 1. The molecule has 3 aromatic rings. The minimum Gasteiger partial charge on any atom is -0.465 e. The van der Waals surface area contributed by atoms with Gasteiger partial charge in [0.2, 0.25) is 5.91 Å². The summed E-state index contributed by atoms with van der Waals surface area (Å²) in [6.07, 6.45) is 0. The summed E-state index contributed by atoms with van der Waals surface area (Å²) in [6.45, 7) is 4.57. The largest absolute Gasteiger partial charge is 0.465 e. The standard InChI is InChI=1S/C25H29N3O5S/c1-17(29)33-16-25(2,3)24(30)26-18-12-14-19(15-13-18)27-34(31,32)23-11-7-8-20-21(23)9-6-10-22(20)28(4)5/h6-15,27H,16H2,1-5H3,(H,26,30). The fraction of sp³-hybridized carbons (Fsp3) is 0.280. The second-order valence-corrected chi connectivity index (χ2v) is 10.5. The highest BCUT2D eigenvalue weighted by Gasteiger charge is 2.29. The molecule has 0 bridgehead atoms. The molecule has 0 spiro atoms. The molecule has 0 heterocycles. The van der Waals surface area contributed by atoms with Crippen molar-refractivity contribution in [3.8, 4) is 0 Å². The Labute approximate surface area is 200 Å². The van der Waals surface area contributed by atoms with Gasteiger partial charge in [0, 0.05) is 48.9 Å². The number of fused-ring (bicyclic) bond motifs is 1. The number of hydrogen-bond acceptors (Lipinski definition) is 6. The number of hydrogen-bond donors (Lipinski definition) is 2. The van der Waals surface area contributed by atoms with E-state index in [4.69, 9.17) is 4.74 Å². The molecule has 9 heteroatoms. The molecule has 0 radical (unpaired) electrons. The van der Waals surface area contributed by atoms with Crippen LogP contribution in [-0.4, -0.2) is 41.0 Å². The summed E-state index contributed by atoms with van der Waals surface area (Å²) >= 11 is 0. The van der Waals surface area contributed by atoms with Crippen molar-refractivity contribution >= 4 is 49.7 Å². The second-order valence-electron chi connectivity index (χ2n) is 8.82. The number of benzene rings is 3. The first-order valence-electron chi connectivity index (χ1n) is 10.7. The molecule has 0 aliphatic heterocycles. The van der Waals surface area contributed by atoms with E-state index >= 15 is 0 Å². The molecule has 1 amide bonds. The van der Waals surface area contributed by atoms with E-state index in [1.807, 2.05) is 37.2 Å². The number of rotatable bonds is 8. The zero-order valence-corrected chi connectivity index (χ0v) is 20.7. The molecule has 0 atom stereocenters. The Bertz CT molecular complexity index is 1320. The number of carbonyl (C=O) groups excluding carboxylic acids is 2. The van der Waals surface area contributed by atoms with Gasteiger partial charge in [0.05, 0.1) is 10.3 Å². The zero-order chi connectivity index (χ0) is 25.1. The number of carbonyl (C=O) groups is 2. The minimum atomic E-state index is -3.86. The quantitative estimate of drug-likeness (QED) is 0.465. The fourth-order valence-corrected chi connectivity index (χ4v) is 4.65. The van der Waals surface area contributed by atoms with Gasteiger partial charge in [0.25, 0.3) is 10.0 Å². The Kier molecular flexibility index (Phi) is 7.16.